The fourth-order valence-corrected chi connectivity index (χ4v) is 0.819. The van der Waals surface area contributed by atoms with Gasteiger partial charge in [-0.15, -0.1) is 0 Å². The van der Waals surface area contributed by atoms with Gasteiger partial charge < -0.3 is 5.43 Å². The van der Waals surface area contributed by atoms with E-state index in [4.69, 9.17) is 5.84 Å². The van der Waals surface area contributed by atoms with Gasteiger partial charge in [-0.3, -0.25) is 5.84 Å². The number of benzene rings is 1. The minimum absolute atomic E-state index is 0.0741. The minimum atomic E-state index is -2.48. The largest absolute Gasteiger partial charge is 0.324 e. The van der Waals surface area contributed by atoms with E-state index in [-0.39, 0.29) is 11.3 Å². The predicted octanol–water partition coefficient (Wildman–Crippen LogP) is 1.91. The molecule has 60 valence electrons. The molecule has 0 aliphatic rings. The molecule has 3 N–H and O–H groups in total. The highest BCUT2D eigenvalue weighted by atomic mass is 19.3. The maximum absolute atomic E-state index is 12.1. The minimum Gasteiger partial charge on any atom is -0.324 e. The van der Waals surface area contributed by atoms with Crippen LogP contribution in [0.3, 0.4) is 0 Å². The van der Waals surface area contributed by atoms with E-state index in [2.05, 4.69) is 5.43 Å². The highest BCUT2D eigenvalue weighted by Gasteiger charge is 2.10. The molecule has 2 nitrogen and oxygen atoms in total. The molecule has 11 heavy (non-hydrogen) atoms. The highest BCUT2D eigenvalue weighted by Crippen LogP contribution is 2.25. The number of hydrogen-bond acceptors (Lipinski definition) is 2. The predicted molar refractivity (Wildman–Crippen MR) is 39.2 cm³/mol. The first-order chi connectivity index (χ1) is 5.25. The van der Waals surface area contributed by atoms with Gasteiger partial charge >= 0.3 is 0 Å². The maximum Gasteiger partial charge on any atom is 0.265 e. The van der Waals surface area contributed by atoms with Crippen molar-refractivity contribution in [2.24, 2.45) is 5.84 Å². The van der Waals surface area contributed by atoms with Crippen molar-refractivity contribution in [2.75, 3.05) is 5.43 Å². The highest BCUT2D eigenvalue weighted by molar-refractivity contribution is 5.50. The number of para-hydroxylation sites is 1. The summed E-state index contributed by atoms with van der Waals surface area (Å²) in [6.45, 7) is 0. The quantitative estimate of drug-likeness (QED) is 0.509. The van der Waals surface area contributed by atoms with Gasteiger partial charge in [0, 0.05) is 5.56 Å². The average Bonchev–Trinajstić information content (AvgIpc) is 2.04. The Balaban J connectivity index is 3.02. The fraction of sp³-hybridized carbons (Fsp3) is 0.143. The van der Waals surface area contributed by atoms with E-state index >= 15 is 0 Å². The van der Waals surface area contributed by atoms with Crippen LogP contribution in [0.4, 0.5) is 14.5 Å². The molecule has 0 saturated carbocycles. The van der Waals surface area contributed by atoms with Gasteiger partial charge in [0.2, 0.25) is 0 Å². The number of nitrogens with one attached hydrogen (secondary N) is 1. The molecule has 0 radical (unpaired) electrons. The van der Waals surface area contributed by atoms with Gasteiger partial charge in [-0.2, -0.15) is 0 Å². The van der Waals surface area contributed by atoms with E-state index in [1.54, 1.807) is 12.1 Å². The van der Waals surface area contributed by atoms with Crippen LogP contribution in [-0.4, -0.2) is 0 Å². The van der Waals surface area contributed by atoms with Crippen LogP contribution in [0, 0.1) is 0 Å². The lowest BCUT2D eigenvalue weighted by Crippen LogP contribution is -2.09. The number of alkyl halides is 2. The lowest BCUT2D eigenvalue weighted by molar-refractivity contribution is 0.152. The number of hydrazine groups is 1. The molecule has 1 aromatic carbocycles. The van der Waals surface area contributed by atoms with Crippen LogP contribution in [0.25, 0.3) is 0 Å². The molecular formula is C7H8F2N2. The molecule has 0 amide bonds. The fourth-order valence-electron chi connectivity index (χ4n) is 0.819. The van der Waals surface area contributed by atoms with E-state index in [0.29, 0.717) is 0 Å². The normalized spacial score (nSPS) is 10.2. The summed E-state index contributed by atoms with van der Waals surface area (Å²) in [7, 11) is 0. The molecule has 0 atom stereocenters. The molecule has 1 aromatic rings. The molecular weight excluding hydrogens is 150 g/mol. The second-order valence-electron chi connectivity index (χ2n) is 2.03. The van der Waals surface area contributed by atoms with Gasteiger partial charge in [0.05, 0.1) is 5.69 Å². The van der Waals surface area contributed by atoms with Crippen LogP contribution in [0.5, 0.6) is 0 Å². The summed E-state index contributed by atoms with van der Waals surface area (Å²) in [5, 5.41) is 0. The van der Waals surface area contributed by atoms with Gasteiger partial charge in [0.25, 0.3) is 6.43 Å². The third-order valence-electron chi connectivity index (χ3n) is 1.35. The van der Waals surface area contributed by atoms with E-state index in [1.165, 1.54) is 12.1 Å². The first-order valence-electron chi connectivity index (χ1n) is 3.09. The zero-order valence-corrected chi connectivity index (χ0v) is 5.72. The van der Waals surface area contributed by atoms with Crippen molar-refractivity contribution in [2.45, 2.75) is 6.43 Å². The molecule has 0 bridgehead atoms. The smallest absolute Gasteiger partial charge is 0.265 e. The number of hydrogen-bond donors (Lipinski definition) is 2. The third-order valence-corrected chi connectivity index (χ3v) is 1.35. The second kappa shape index (κ2) is 3.30. The third kappa shape index (κ3) is 1.65. The van der Waals surface area contributed by atoms with E-state index in [9.17, 15) is 8.78 Å². The van der Waals surface area contributed by atoms with Gasteiger partial charge in [-0.05, 0) is 6.07 Å². The zero-order chi connectivity index (χ0) is 8.27. The average molecular weight is 158 g/mol. The summed E-state index contributed by atoms with van der Waals surface area (Å²) in [6, 6.07) is 6.02. The number of halogens is 2. The molecule has 0 saturated heterocycles. The van der Waals surface area contributed by atoms with Crippen LogP contribution < -0.4 is 11.3 Å². The Morgan fingerprint density at radius 3 is 2.36 bits per heavy atom. The summed E-state index contributed by atoms with van der Waals surface area (Å²) >= 11 is 0. The number of anilines is 1. The first kappa shape index (κ1) is 7.94. The number of rotatable bonds is 2. The number of nitrogen functional groups attached to an aromatic ring is 1. The summed E-state index contributed by atoms with van der Waals surface area (Å²) < 4.78 is 24.2. The summed E-state index contributed by atoms with van der Waals surface area (Å²) in [6.07, 6.45) is -2.48. The molecule has 0 aliphatic carbocycles. The Morgan fingerprint density at radius 1 is 1.27 bits per heavy atom. The lowest BCUT2D eigenvalue weighted by Gasteiger charge is -2.05. The molecule has 1 rings (SSSR count). The molecule has 0 aliphatic heterocycles. The monoisotopic (exact) mass is 158 g/mol. The van der Waals surface area contributed by atoms with Crippen LogP contribution >= 0.6 is 0 Å². The Bertz CT molecular complexity index is 238. The van der Waals surface area contributed by atoms with Crippen molar-refractivity contribution in [3.05, 3.63) is 29.8 Å². The topological polar surface area (TPSA) is 38.0 Å². The lowest BCUT2D eigenvalue weighted by atomic mass is 10.2. The summed E-state index contributed by atoms with van der Waals surface area (Å²) in [5.74, 6) is 5.01. The van der Waals surface area contributed by atoms with Crippen molar-refractivity contribution in [3.8, 4) is 0 Å². The summed E-state index contributed by atoms with van der Waals surface area (Å²) in [4.78, 5) is 0. The van der Waals surface area contributed by atoms with Gasteiger partial charge in [0.15, 0.2) is 0 Å². The SMILES string of the molecule is NNc1ccccc1C(F)F. The molecule has 0 unspecified atom stereocenters. The molecule has 0 aromatic heterocycles. The molecule has 0 heterocycles. The number of nitrogens with two attached hydrogens (primary N) is 1. The van der Waals surface area contributed by atoms with Crippen molar-refractivity contribution in [1.29, 1.82) is 0 Å². The Kier molecular flexibility index (Phi) is 2.38. The zero-order valence-electron chi connectivity index (χ0n) is 5.72. The molecule has 0 spiro atoms. The second-order valence-corrected chi connectivity index (χ2v) is 2.03. The van der Waals surface area contributed by atoms with Crippen molar-refractivity contribution < 1.29 is 8.78 Å². The Hall–Kier alpha value is -1.16. The molecule has 0 fully saturated rings. The molecule has 4 heteroatoms. The van der Waals surface area contributed by atoms with Gasteiger partial charge in [-0.1, -0.05) is 18.2 Å². The van der Waals surface area contributed by atoms with Crippen molar-refractivity contribution in [3.63, 3.8) is 0 Å². The van der Waals surface area contributed by atoms with Crippen LogP contribution in [0.1, 0.15) is 12.0 Å². The van der Waals surface area contributed by atoms with Crippen molar-refractivity contribution >= 4 is 5.69 Å². The van der Waals surface area contributed by atoms with E-state index < -0.39 is 6.43 Å². The summed E-state index contributed by atoms with van der Waals surface area (Å²) in [5.41, 5.74) is 2.39. The van der Waals surface area contributed by atoms with Crippen LogP contribution in [0.15, 0.2) is 24.3 Å². The first-order valence-corrected chi connectivity index (χ1v) is 3.09. The van der Waals surface area contributed by atoms with Gasteiger partial charge in [-0.25, -0.2) is 8.78 Å². The van der Waals surface area contributed by atoms with Gasteiger partial charge in [0.1, 0.15) is 0 Å². The Morgan fingerprint density at radius 2 is 1.91 bits per heavy atom. The van der Waals surface area contributed by atoms with Crippen molar-refractivity contribution in [1.82, 2.24) is 0 Å². The maximum atomic E-state index is 12.1. The van der Waals surface area contributed by atoms with Crippen LogP contribution in [0.2, 0.25) is 0 Å². The van der Waals surface area contributed by atoms with Crippen LogP contribution in [-0.2, 0) is 0 Å². The Labute approximate surface area is 63.0 Å². The van der Waals surface area contributed by atoms with E-state index in [0.717, 1.165) is 0 Å². The van der Waals surface area contributed by atoms with E-state index in [1.807, 2.05) is 0 Å². The standard InChI is InChI=1S/C7H8F2N2/c8-7(9)5-3-1-2-4-6(5)11-10/h1-4,7,11H,10H2.